The Balaban J connectivity index is 3.35. The molecule has 5 heteroatoms. The zero-order valence-corrected chi connectivity index (χ0v) is 13.0. The van der Waals surface area contributed by atoms with Crippen molar-refractivity contribution < 1.29 is 23.9 Å². The van der Waals surface area contributed by atoms with Crippen LogP contribution in [0.25, 0.3) is 0 Å². The predicted molar refractivity (Wildman–Crippen MR) is 72.9 cm³/mol. The van der Waals surface area contributed by atoms with Gasteiger partial charge in [-0.15, -0.1) is 0 Å². The molecule has 0 aromatic heterocycles. The second kappa shape index (κ2) is 5.38. The minimum absolute atomic E-state index is 0.0414. The summed E-state index contributed by atoms with van der Waals surface area (Å²) in [5.74, 6) is -1.14. The second-order valence-electron chi connectivity index (χ2n) is 5.60. The number of hydrogen-bond acceptors (Lipinski definition) is 5. The van der Waals surface area contributed by atoms with Crippen molar-refractivity contribution in [3.05, 3.63) is 11.1 Å². The fourth-order valence-electron chi connectivity index (χ4n) is 2.60. The van der Waals surface area contributed by atoms with E-state index >= 15 is 0 Å². The summed E-state index contributed by atoms with van der Waals surface area (Å²) in [4.78, 5) is 35.7. The first kappa shape index (κ1) is 16.4. The summed E-state index contributed by atoms with van der Waals surface area (Å²) in [6, 6.07) is 0. The molecule has 1 heterocycles. The molecule has 0 radical (unpaired) electrons. The fourth-order valence-corrected chi connectivity index (χ4v) is 2.60. The van der Waals surface area contributed by atoms with Gasteiger partial charge in [-0.1, -0.05) is 0 Å². The van der Waals surface area contributed by atoms with Crippen LogP contribution in [0.2, 0.25) is 0 Å². The lowest BCUT2D eigenvalue weighted by Crippen LogP contribution is -2.52. The summed E-state index contributed by atoms with van der Waals surface area (Å²) in [7, 11) is 0. The third-order valence-corrected chi connectivity index (χ3v) is 4.26. The molecule has 20 heavy (non-hydrogen) atoms. The zero-order valence-electron chi connectivity index (χ0n) is 13.0. The fraction of sp³-hybridized carbons (Fsp3) is 0.667. The molecule has 0 saturated carbocycles. The minimum atomic E-state index is -1.23. The van der Waals surface area contributed by atoms with E-state index in [1.54, 1.807) is 34.6 Å². The van der Waals surface area contributed by atoms with Crippen LogP contribution >= 0.6 is 0 Å². The number of carbonyl (C=O) groups is 3. The lowest BCUT2D eigenvalue weighted by molar-refractivity contribution is -0.178. The van der Waals surface area contributed by atoms with E-state index in [1.165, 1.54) is 6.92 Å². The Morgan fingerprint density at radius 1 is 1.35 bits per heavy atom. The SMILES string of the molecule is CCOC(=O)[C@@](C)(CC(C)=O)C1(C)OC(=O)C(C)=C1C. The monoisotopic (exact) mass is 282 g/mol. The van der Waals surface area contributed by atoms with E-state index in [2.05, 4.69) is 0 Å². The molecule has 5 nitrogen and oxygen atoms in total. The highest BCUT2D eigenvalue weighted by Crippen LogP contribution is 2.48. The average Bonchev–Trinajstić information content (AvgIpc) is 2.54. The predicted octanol–water partition coefficient (Wildman–Crippen LogP) is 2.19. The molecule has 1 aliphatic rings. The van der Waals surface area contributed by atoms with Crippen LogP contribution in [0.4, 0.5) is 0 Å². The molecule has 0 aromatic rings. The summed E-state index contributed by atoms with van der Waals surface area (Å²) in [5.41, 5.74) is -1.25. The Hall–Kier alpha value is -1.65. The largest absolute Gasteiger partial charge is 0.465 e. The van der Waals surface area contributed by atoms with Crippen molar-refractivity contribution in [3.8, 4) is 0 Å². The van der Waals surface area contributed by atoms with Crippen molar-refractivity contribution in [2.24, 2.45) is 5.41 Å². The Bertz CT molecular complexity index is 490. The van der Waals surface area contributed by atoms with Gasteiger partial charge >= 0.3 is 11.9 Å². The first-order chi connectivity index (χ1) is 9.10. The van der Waals surface area contributed by atoms with E-state index in [1.807, 2.05) is 0 Å². The molecule has 0 aromatic carbocycles. The molecule has 0 spiro atoms. The van der Waals surface area contributed by atoms with Gasteiger partial charge < -0.3 is 9.47 Å². The van der Waals surface area contributed by atoms with Crippen molar-refractivity contribution in [1.29, 1.82) is 0 Å². The summed E-state index contributed by atoms with van der Waals surface area (Å²) < 4.78 is 10.5. The normalized spacial score (nSPS) is 25.2. The maximum atomic E-state index is 12.4. The molecular weight excluding hydrogens is 260 g/mol. The van der Waals surface area contributed by atoms with Gasteiger partial charge in [0.25, 0.3) is 0 Å². The van der Waals surface area contributed by atoms with E-state index < -0.39 is 23.0 Å². The quantitative estimate of drug-likeness (QED) is 0.723. The number of rotatable bonds is 5. The molecule has 1 aliphatic heterocycles. The van der Waals surface area contributed by atoms with E-state index in [9.17, 15) is 14.4 Å². The van der Waals surface area contributed by atoms with Crippen LogP contribution in [0.5, 0.6) is 0 Å². The molecular formula is C15H22O5. The first-order valence-electron chi connectivity index (χ1n) is 6.68. The highest BCUT2D eigenvalue weighted by Gasteiger charge is 2.59. The first-order valence-corrected chi connectivity index (χ1v) is 6.68. The van der Waals surface area contributed by atoms with E-state index in [-0.39, 0.29) is 18.8 Å². The van der Waals surface area contributed by atoms with Gasteiger partial charge in [-0.2, -0.15) is 0 Å². The highest BCUT2D eigenvalue weighted by molar-refractivity contribution is 5.95. The highest BCUT2D eigenvalue weighted by atomic mass is 16.6. The van der Waals surface area contributed by atoms with Gasteiger partial charge in [0.15, 0.2) is 0 Å². The molecule has 0 aliphatic carbocycles. The topological polar surface area (TPSA) is 69.7 Å². The van der Waals surface area contributed by atoms with Crippen molar-refractivity contribution >= 4 is 17.7 Å². The van der Waals surface area contributed by atoms with Gasteiger partial charge in [0, 0.05) is 12.0 Å². The number of ether oxygens (including phenoxy) is 2. The van der Waals surface area contributed by atoms with Crippen molar-refractivity contribution in [2.75, 3.05) is 6.61 Å². The standard InChI is InChI=1S/C15H22O5/c1-7-19-13(18)14(5,8-9(2)16)15(6)11(4)10(3)12(17)20-15/h7-8H2,1-6H3/t14-,15?/m1/s1. The number of ketones is 1. The molecule has 0 fully saturated rings. The van der Waals surface area contributed by atoms with Gasteiger partial charge in [-0.3, -0.25) is 9.59 Å². The Morgan fingerprint density at radius 3 is 2.25 bits per heavy atom. The summed E-state index contributed by atoms with van der Waals surface area (Å²) in [6.45, 7) is 9.99. The number of esters is 2. The molecule has 1 rings (SSSR count). The third-order valence-electron chi connectivity index (χ3n) is 4.26. The van der Waals surface area contributed by atoms with Crippen LogP contribution in [-0.4, -0.2) is 29.9 Å². The van der Waals surface area contributed by atoms with Crippen molar-refractivity contribution in [1.82, 2.24) is 0 Å². The van der Waals surface area contributed by atoms with Crippen LogP contribution in [0.1, 0.15) is 48.0 Å². The van der Waals surface area contributed by atoms with E-state index in [4.69, 9.17) is 9.47 Å². The molecule has 0 bridgehead atoms. The second-order valence-corrected chi connectivity index (χ2v) is 5.60. The Morgan fingerprint density at radius 2 is 1.90 bits per heavy atom. The maximum absolute atomic E-state index is 12.4. The molecule has 1 unspecified atom stereocenters. The van der Waals surface area contributed by atoms with Gasteiger partial charge in [0.1, 0.15) is 16.8 Å². The van der Waals surface area contributed by atoms with E-state index in [0.29, 0.717) is 11.1 Å². The maximum Gasteiger partial charge on any atom is 0.334 e. The average molecular weight is 282 g/mol. The van der Waals surface area contributed by atoms with Crippen LogP contribution in [0, 0.1) is 5.41 Å². The molecule has 0 amide bonds. The van der Waals surface area contributed by atoms with E-state index in [0.717, 1.165) is 0 Å². The molecule has 2 atom stereocenters. The summed E-state index contributed by atoms with van der Waals surface area (Å²) in [6.07, 6.45) is -0.0414. The van der Waals surface area contributed by atoms with Crippen LogP contribution in [0.15, 0.2) is 11.1 Å². The van der Waals surface area contributed by atoms with Gasteiger partial charge in [0.05, 0.1) is 6.61 Å². The number of Topliss-reactive ketones (excluding diaryl/α,β-unsaturated/α-hetero) is 1. The number of hydrogen-bond donors (Lipinski definition) is 0. The van der Waals surface area contributed by atoms with Crippen LogP contribution in [0.3, 0.4) is 0 Å². The van der Waals surface area contributed by atoms with Gasteiger partial charge in [-0.05, 0) is 47.1 Å². The Labute approximate surface area is 119 Å². The zero-order chi connectivity index (χ0) is 15.7. The smallest absolute Gasteiger partial charge is 0.334 e. The minimum Gasteiger partial charge on any atom is -0.465 e. The number of carbonyl (C=O) groups excluding carboxylic acids is 3. The van der Waals surface area contributed by atoms with Gasteiger partial charge in [-0.25, -0.2) is 4.79 Å². The molecule has 0 N–H and O–H groups in total. The van der Waals surface area contributed by atoms with Crippen LogP contribution < -0.4 is 0 Å². The Kier molecular flexibility index (Phi) is 4.42. The van der Waals surface area contributed by atoms with Crippen LogP contribution in [-0.2, 0) is 23.9 Å². The lowest BCUT2D eigenvalue weighted by atomic mass is 9.67. The lowest BCUT2D eigenvalue weighted by Gasteiger charge is -2.41. The van der Waals surface area contributed by atoms with Crippen molar-refractivity contribution in [3.63, 3.8) is 0 Å². The summed E-state index contributed by atoms with van der Waals surface area (Å²) in [5, 5.41) is 0. The number of cyclic esters (lactones) is 1. The molecule has 112 valence electrons. The third kappa shape index (κ3) is 2.37. The molecule has 0 saturated heterocycles. The van der Waals surface area contributed by atoms with Crippen molar-refractivity contribution in [2.45, 2.75) is 53.6 Å². The summed E-state index contributed by atoms with van der Waals surface area (Å²) >= 11 is 0. The van der Waals surface area contributed by atoms with Gasteiger partial charge in [0.2, 0.25) is 0 Å².